The third-order valence-corrected chi connectivity index (χ3v) is 5.43. The third-order valence-electron chi connectivity index (χ3n) is 5.43. The Labute approximate surface area is 163 Å². The first-order valence-corrected chi connectivity index (χ1v) is 9.74. The van der Waals surface area contributed by atoms with Crippen molar-refractivity contribution in [2.75, 3.05) is 18.0 Å². The van der Waals surface area contributed by atoms with E-state index in [1.54, 1.807) is 0 Å². The van der Waals surface area contributed by atoms with Gasteiger partial charge in [0.25, 0.3) is 0 Å². The molecule has 0 radical (unpaired) electrons. The number of pyridine rings is 1. The Bertz CT molecular complexity index is 1070. The number of piperidine rings is 1. The first kappa shape index (κ1) is 16.9. The normalized spacial score (nSPS) is 15.2. The molecule has 4 aromatic rings. The molecule has 0 atom stereocenters. The molecule has 5 rings (SSSR count). The summed E-state index contributed by atoms with van der Waals surface area (Å²) in [6.45, 7) is 2.70. The summed E-state index contributed by atoms with van der Waals surface area (Å²) in [4.78, 5) is 20.8. The molecule has 1 aliphatic heterocycles. The third kappa shape index (κ3) is 3.33. The fourth-order valence-corrected chi connectivity index (χ4v) is 3.95. The molecule has 0 aliphatic carbocycles. The molecule has 0 spiro atoms. The Morgan fingerprint density at radius 2 is 1.68 bits per heavy atom. The van der Waals surface area contributed by atoms with Gasteiger partial charge in [-0.05, 0) is 37.1 Å². The first-order chi connectivity index (χ1) is 13.9. The van der Waals surface area contributed by atoms with Crippen LogP contribution in [0.4, 0.5) is 5.82 Å². The van der Waals surface area contributed by atoms with Crippen LogP contribution in [0.15, 0.2) is 67.3 Å². The molecule has 0 saturated carbocycles. The number of hydrogen-bond donors (Lipinski definition) is 0. The van der Waals surface area contributed by atoms with Gasteiger partial charge in [-0.15, -0.1) is 0 Å². The molecule has 4 heterocycles. The molecule has 0 unspecified atom stereocenters. The summed E-state index contributed by atoms with van der Waals surface area (Å²) < 4.78 is 2.23. The summed E-state index contributed by atoms with van der Waals surface area (Å²) in [7, 11) is 0. The highest BCUT2D eigenvalue weighted by atomic mass is 15.2. The highest BCUT2D eigenvalue weighted by molar-refractivity contribution is 5.75. The lowest BCUT2D eigenvalue weighted by Crippen LogP contribution is -2.34. The fraction of sp³-hybridized carbons (Fsp3) is 0.273. The summed E-state index contributed by atoms with van der Waals surface area (Å²) >= 11 is 0. The number of aromatic nitrogens is 5. The molecule has 6 nitrogen and oxygen atoms in total. The molecule has 1 fully saturated rings. The second-order valence-electron chi connectivity index (χ2n) is 7.21. The van der Waals surface area contributed by atoms with Crippen molar-refractivity contribution in [3.05, 3.63) is 78.8 Å². The molecule has 0 N–H and O–H groups in total. The van der Waals surface area contributed by atoms with Gasteiger partial charge in [-0.3, -0.25) is 9.97 Å². The average Bonchev–Trinajstić information content (AvgIpc) is 3.22. The lowest BCUT2D eigenvalue weighted by molar-refractivity contribution is 0.467. The highest BCUT2D eigenvalue weighted by Crippen LogP contribution is 2.29. The van der Waals surface area contributed by atoms with Gasteiger partial charge >= 0.3 is 0 Å². The van der Waals surface area contributed by atoms with E-state index in [0.29, 0.717) is 5.92 Å². The maximum Gasteiger partial charge on any atom is 0.147 e. The summed E-state index contributed by atoms with van der Waals surface area (Å²) in [5.41, 5.74) is 2.95. The van der Waals surface area contributed by atoms with Crippen molar-refractivity contribution in [2.45, 2.75) is 25.3 Å². The van der Waals surface area contributed by atoms with Crippen LogP contribution in [-0.2, 0) is 6.54 Å². The number of para-hydroxylation sites is 2. The lowest BCUT2D eigenvalue weighted by Gasteiger charge is -2.32. The minimum Gasteiger partial charge on any atom is -0.355 e. The van der Waals surface area contributed by atoms with Crippen LogP contribution in [0.5, 0.6) is 0 Å². The van der Waals surface area contributed by atoms with Crippen LogP contribution in [0, 0.1) is 0 Å². The van der Waals surface area contributed by atoms with Gasteiger partial charge in [0.2, 0.25) is 0 Å². The van der Waals surface area contributed by atoms with E-state index in [1.807, 2.05) is 55.0 Å². The molecule has 28 heavy (non-hydrogen) atoms. The van der Waals surface area contributed by atoms with Crippen molar-refractivity contribution in [3.8, 4) is 0 Å². The largest absolute Gasteiger partial charge is 0.355 e. The van der Waals surface area contributed by atoms with Crippen LogP contribution < -0.4 is 4.90 Å². The SMILES string of the molecule is c1ccc(Cn2ccnc2C2CCN(c3cnc4ccccc4n3)CC2)nc1. The molecule has 1 aromatic carbocycles. The smallest absolute Gasteiger partial charge is 0.147 e. The molecular formula is C22H22N6. The summed E-state index contributed by atoms with van der Waals surface area (Å²) in [5, 5.41) is 0. The van der Waals surface area contributed by atoms with Crippen molar-refractivity contribution in [1.82, 2.24) is 24.5 Å². The molecular weight excluding hydrogens is 348 g/mol. The standard InChI is InChI=1S/C22H22N6/c1-2-7-20-19(6-1)25-15-21(26-20)27-12-8-17(9-13-27)22-24-11-14-28(22)16-18-5-3-4-10-23-18/h1-7,10-11,14-15,17H,8-9,12-13,16H2. The van der Waals surface area contributed by atoms with Crippen molar-refractivity contribution < 1.29 is 0 Å². The maximum atomic E-state index is 4.79. The van der Waals surface area contributed by atoms with Gasteiger partial charge in [-0.1, -0.05) is 18.2 Å². The minimum absolute atomic E-state index is 0.461. The number of fused-ring (bicyclic) bond motifs is 1. The summed E-state index contributed by atoms with van der Waals surface area (Å²) in [6.07, 6.45) is 9.83. The number of rotatable bonds is 4. The Hall–Kier alpha value is -3.28. The Morgan fingerprint density at radius 3 is 2.50 bits per heavy atom. The Morgan fingerprint density at radius 1 is 0.857 bits per heavy atom. The number of benzene rings is 1. The minimum atomic E-state index is 0.461. The second kappa shape index (κ2) is 7.38. The molecule has 1 aliphatic rings. The monoisotopic (exact) mass is 370 g/mol. The van der Waals surface area contributed by atoms with Crippen molar-refractivity contribution in [2.24, 2.45) is 0 Å². The highest BCUT2D eigenvalue weighted by Gasteiger charge is 2.25. The predicted molar refractivity (Wildman–Crippen MR) is 109 cm³/mol. The number of imidazole rings is 1. The number of nitrogens with zero attached hydrogens (tertiary/aromatic N) is 6. The van der Waals surface area contributed by atoms with Crippen LogP contribution in [0.3, 0.4) is 0 Å². The molecule has 140 valence electrons. The van der Waals surface area contributed by atoms with Gasteiger partial charge in [0, 0.05) is 37.6 Å². The van der Waals surface area contributed by atoms with E-state index in [0.717, 1.165) is 60.8 Å². The zero-order valence-corrected chi connectivity index (χ0v) is 15.6. The summed E-state index contributed by atoms with van der Waals surface area (Å²) in [5.74, 6) is 2.59. The zero-order valence-electron chi connectivity index (χ0n) is 15.6. The Balaban J connectivity index is 1.29. The van der Waals surface area contributed by atoms with E-state index >= 15 is 0 Å². The molecule has 0 bridgehead atoms. The second-order valence-corrected chi connectivity index (χ2v) is 7.21. The van der Waals surface area contributed by atoms with Crippen LogP contribution in [-0.4, -0.2) is 37.6 Å². The molecule has 1 saturated heterocycles. The van der Waals surface area contributed by atoms with E-state index in [9.17, 15) is 0 Å². The number of anilines is 1. The average molecular weight is 370 g/mol. The molecule has 0 amide bonds. The van der Waals surface area contributed by atoms with E-state index < -0.39 is 0 Å². The Kier molecular flexibility index (Phi) is 4.45. The quantitative estimate of drug-likeness (QED) is 0.549. The fourth-order valence-electron chi connectivity index (χ4n) is 3.95. The van der Waals surface area contributed by atoms with Gasteiger partial charge in [0.1, 0.15) is 11.6 Å². The first-order valence-electron chi connectivity index (χ1n) is 9.74. The van der Waals surface area contributed by atoms with Gasteiger partial charge in [-0.2, -0.15) is 0 Å². The van der Waals surface area contributed by atoms with Crippen LogP contribution in [0.1, 0.15) is 30.3 Å². The van der Waals surface area contributed by atoms with Gasteiger partial charge in [0.15, 0.2) is 0 Å². The lowest BCUT2D eigenvalue weighted by atomic mass is 9.96. The van der Waals surface area contributed by atoms with E-state index in [1.165, 1.54) is 0 Å². The maximum absolute atomic E-state index is 4.79. The van der Waals surface area contributed by atoms with Crippen molar-refractivity contribution in [3.63, 3.8) is 0 Å². The van der Waals surface area contributed by atoms with Crippen LogP contribution >= 0.6 is 0 Å². The number of hydrogen-bond acceptors (Lipinski definition) is 5. The van der Waals surface area contributed by atoms with Crippen LogP contribution in [0.25, 0.3) is 11.0 Å². The topological polar surface area (TPSA) is 59.7 Å². The molecule has 3 aromatic heterocycles. The van der Waals surface area contributed by atoms with E-state index in [-0.39, 0.29) is 0 Å². The van der Waals surface area contributed by atoms with Gasteiger partial charge in [0.05, 0.1) is 29.5 Å². The van der Waals surface area contributed by atoms with Crippen LogP contribution in [0.2, 0.25) is 0 Å². The predicted octanol–water partition coefficient (Wildman–Crippen LogP) is 3.65. The van der Waals surface area contributed by atoms with Gasteiger partial charge < -0.3 is 9.47 Å². The van der Waals surface area contributed by atoms with E-state index in [4.69, 9.17) is 4.98 Å². The van der Waals surface area contributed by atoms with Crippen molar-refractivity contribution in [1.29, 1.82) is 0 Å². The van der Waals surface area contributed by atoms with Gasteiger partial charge in [-0.25, -0.2) is 9.97 Å². The van der Waals surface area contributed by atoms with Crippen molar-refractivity contribution >= 4 is 16.9 Å². The van der Waals surface area contributed by atoms with E-state index in [2.05, 4.69) is 36.7 Å². The zero-order chi connectivity index (χ0) is 18.8. The molecule has 6 heteroatoms. The summed E-state index contributed by atoms with van der Waals surface area (Å²) in [6, 6.07) is 14.1.